The van der Waals surface area contributed by atoms with Crippen molar-refractivity contribution in [3.05, 3.63) is 71.1 Å². The molecule has 0 saturated carbocycles. The molecular formula is C17H14ClN3O4S. The number of nitrogens with one attached hydrogen (secondary N) is 2. The fourth-order valence-electron chi connectivity index (χ4n) is 2.14. The number of amides is 1. The van der Waals surface area contributed by atoms with Crippen LogP contribution in [-0.4, -0.2) is 19.5 Å². The Morgan fingerprint density at radius 1 is 1.08 bits per heavy atom. The normalized spacial score (nSPS) is 11.2. The lowest BCUT2D eigenvalue weighted by Gasteiger charge is -2.10. The highest BCUT2D eigenvalue weighted by atomic mass is 35.5. The molecule has 1 amide bonds. The van der Waals surface area contributed by atoms with E-state index in [1.807, 2.05) is 0 Å². The summed E-state index contributed by atoms with van der Waals surface area (Å²) in [6.45, 7) is 1.67. The molecule has 0 saturated heterocycles. The summed E-state index contributed by atoms with van der Waals surface area (Å²) in [4.78, 5) is 12.1. The van der Waals surface area contributed by atoms with E-state index in [2.05, 4.69) is 15.2 Å². The molecule has 0 aliphatic carbocycles. The van der Waals surface area contributed by atoms with Crippen molar-refractivity contribution in [3.63, 3.8) is 0 Å². The Morgan fingerprint density at radius 2 is 1.81 bits per heavy atom. The van der Waals surface area contributed by atoms with Gasteiger partial charge in [-0.25, -0.2) is 8.42 Å². The maximum atomic E-state index is 12.5. The number of sulfonamides is 1. The van der Waals surface area contributed by atoms with Crippen molar-refractivity contribution in [1.82, 2.24) is 5.16 Å². The van der Waals surface area contributed by atoms with E-state index < -0.39 is 15.9 Å². The van der Waals surface area contributed by atoms with Gasteiger partial charge < -0.3 is 9.84 Å². The minimum absolute atomic E-state index is 0.00147. The van der Waals surface area contributed by atoms with Crippen molar-refractivity contribution < 1.29 is 17.7 Å². The van der Waals surface area contributed by atoms with Crippen molar-refractivity contribution in [2.45, 2.75) is 11.8 Å². The minimum Gasteiger partial charge on any atom is -0.361 e. The molecule has 0 aliphatic rings. The van der Waals surface area contributed by atoms with Crippen molar-refractivity contribution in [2.24, 2.45) is 0 Å². The molecular weight excluding hydrogens is 378 g/mol. The van der Waals surface area contributed by atoms with Gasteiger partial charge in [0.25, 0.3) is 15.9 Å². The number of anilines is 2. The number of hydrogen-bond acceptors (Lipinski definition) is 5. The van der Waals surface area contributed by atoms with Crippen molar-refractivity contribution in [2.75, 3.05) is 10.0 Å². The molecule has 0 aliphatic heterocycles. The SMILES string of the molecule is Cc1cc(C(=O)Nc2cccc(S(=O)(=O)Nc3ccc(Cl)cc3)c2)no1. The average molecular weight is 392 g/mol. The largest absolute Gasteiger partial charge is 0.361 e. The number of aromatic nitrogens is 1. The standard InChI is InChI=1S/C17H14ClN3O4S/c1-11-9-16(20-25-11)17(22)19-14-3-2-4-15(10-14)26(23,24)21-13-7-5-12(18)6-8-13/h2-10,21H,1H3,(H,19,22). The van der Waals surface area contributed by atoms with Crippen LogP contribution >= 0.6 is 11.6 Å². The molecule has 3 rings (SSSR count). The van der Waals surface area contributed by atoms with Gasteiger partial charge in [-0.2, -0.15) is 0 Å². The zero-order valence-electron chi connectivity index (χ0n) is 13.6. The monoisotopic (exact) mass is 391 g/mol. The lowest BCUT2D eigenvalue weighted by Crippen LogP contribution is -2.15. The summed E-state index contributed by atoms with van der Waals surface area (Å²) >= 11 is 5.79. The third-order valence-electron chi connectivity index (χ3n) is 3.36. The summed E-state index contributed by atoms with van der Waals surface area (Å²) in [6.07, 6.45) is 0. The second-order valence-corrected chi connectivity index (χ2v) is 7.54. The maximum absolute atomic E-state index is 12.5. The van der Waals surface area contributed by atoms with E-state index in [1.54, 1.807) is 37.3 Å². The van der Waals surface area contributed by atoms with E-state index in [9.17, 15) is 13.2 Å². The number of rotatable bonds is 5. The van der Waals surface area contributed by atoms with Gasteiger partial charge in [0.05, 0.1) is 4.90 Å². The molecule has 0 spiro atoms. The predicted octanol–water partition coefficient (Wildman–Crippen LogP) is 3.69. The average Bonchev–Trinajstić information content (AvgIpc) is 3.04. The highest BCUT2D eigenvalue weighted by molar-refractivity contribution is 7.92. The molecule has 0 fully saturated rings. The van der Waals surface area contributed by atoms with E-state index in [1.165, 1.54) is 24.3 Å². The minimum atomic E-state index is -3.82. The zero-order chi connectivity index (χ0) is 18.7. The summed E-state index contributed by atoms with van der Waals surface area (Å²) < 4.78 is 32.3. The van der Waals surface area contributed by atoms with Gasteiger partial charge in [-0.15, -0.1) is 0 Å². The first-order valence-electron chi connectivity index (χ1n) is 7.47. The molecule has 7 nitrogen and oxygen atoms in total. The van der Waals surface area contributed by atoms with Gasteiger partial charge in [0.2, 0.25) is 0 Å². The molecule has 2 aromatic carbocycles. The Hall–Kier alpha value is -2.84. The van der Waals surface area contributed by atoms with Gasteiger partial charge in [0.1, 0.15) is 5.76 Å². The second-order valence-electron chi connectivity index (χ2n) is 5.42. The van der Waals surface area contributed by atoms with Crippen LogP contribution in [0.15, 0.2) is 64.0 Å². The molecule has 1 heterocycles. The molecule has 0 atom stereocenters. The van der Waals surface area contributed by atoms with Gasteiger partial charge >= 0.3 is 0 Å². The van der Waals surface area contributed by atoms with Crippen LogP contribution in [0.2, 0.25) is 5.02 Å². The van der Waals surface area contributed by atoms with E-state index in [0.717, 1.165) is 0 Å². The summed E-state index contributed by atoms with van der Waals surface area (Å²) in [6, 6.07) is 13.6. The number of benzene rings is 2. The second kappa shape index (κ2) is 7.19. The van der Waals surface area contributed by atoms with Crippen LogP contribution in [0.25, 0.3) is 0 Å². The number of carbonyl (C=O) groups excluding carboxylic acids is 1. The lowest BCUT2D eigenvalue weighted by atomic mass is 10.3. The summed E-state index contributed by atoms with van der Waals surface area (Å²) in [7, 11) is -3.82. The first kappa shape index (κ1) is 18.0. The molecule has 1 aromatic heterocycles. The summed E-state index contributed by atoms with van der Waals surface area (Å²) in [5, 5.41) is 6.70. The number of aryl methyl sites for hydroxylation is 1. The van der Waals surface area contributed by atoms with Crippen LogP contribution in [0.5, 0.6) is 0 Å². The molecule has 0 radical (unpaired) electrons. The summed E-state index contributed by atoms with van der Waals surface area (Å²) in [5.74, 6) is 0.000649. The maximum Gasteiger partial charge on any atom is 0.277 e. The quantitative estimate of drug-likeness (QED) is 0.690. The Labute approximate surface area is 155 Å². The Bertz CT molecular complexity index is 1050. The van der Waals surface area contributed by atoms with E-state index >= 15 is 0 Å². The molecule has 0 bridgehead atoms. The Morgan fingerprint density at radius 3 is 2.46 bits per heavy atom. The van der Waals surface area contributed by atoms with E-state index in [0.29, 0.717) is 22.2 Å². The molecule has 9 heteroatoms. The van der Waals surface area contributed by atoms with Gasteiger partial charge in [0, 0.05) is 22.5 Å². The molecule has 134 valence electrons. The van der Waals surface area contributed by atoms with Crippen LogP contribution in [0.4, 0.5) is 11.4 Å². The number of hydrogen-bond donors (Lipinski definition) is 2. The molecule has 0 unspecified atom stereocenters. The van der Waals surface area contributed by atoms with E-state index in [4.69, 9.17) is 16.1 Å². The first-order chi connectivity index (χ1) is 12.3. The Kier molecular flexibility index (Phi) is 4.97. The number of carbonyl (C=O) groups is 1. The van der Waals surface area contributed by atoms with Crippen LogP contribution in [0, 0.1) is 6.92 Å². The third-order valence-corrected chi connectivity index (χ3v) is 4.99. The van der Waals surface area contributed by atoms with Gasteiger partial charge in [-0.05, 0) is 49.4 Å². The van der Waals surface area contributed by atoms with Gasteiger partial charge in [-0.3, -0.25) is 9.52 Å². The fourth-order valence-corrected chi connectivity index (χ4v) is 3.37. The van der Waals surface area contributed by atoms with Crippen molar-refractivity contribution >= 4 is 38.9 Å². The van der Waals surface area contributed by atoms with E-state index in [-0.39, 0.29) is 10.6 Å². The van der Waals surface area contributed by atoms with Gasteiger partial charge in [-0.1, -0.05) is 22.8 Å². The molecule has 26 heavy (non-hydrogen) atoms. The third kappa shape index (κ3) is 4.22. The van der Waals surface area contributed by atoms with Crippen molar-refractivity contribution in [1.29, 1.82) is 0 Å². The highest BCUT2D eigenvalue weighted by Crippen LogP contribution is 2.21. The van der Waals surface area contributed by atoms with Crippen LogP contribution in [0.3, 0.4) is 0 Å². The highest BCUT2D eigenvalue weighted by Gasteiger charge is 2.16. The predicted molar refractivity (Wildman–Crippen MR) is 97.9 cm³/mol. The van der Waals surface area contributed by atoms with Crippen LogP contribution in [-0.2, 0) is 10.0 Å². The molecule has 2 N–H and O–H groups in total. The number of halogens is 1. The Balaban J connectivity index is 1.79. The first-order valence-corrected chi connectivity index (χ1v) is 9.33. The summed E-state index contributed by atoms with van der Waals surface area (Å²) in [5.41, 5.74) is 0.798. The number of nitrogens with zero attached hydrogens (tertiary/aromatic N) is 1. The fraction of sp³-hybridized carbons (Fsp3) is 0.0588. The smallest absolute Gasteiger partial charge is 0.277 e. The van der Waals surface area contributed by atoms with Gasteiger partial charge in [0.15, 0.2) is 5.69 Å². The topological polar surface area (TPSA) is 101 Å². The zero-order valence-corrected chi connectivity index (χ0v) is 15.1. The lowest BCUT2D eigenvalue weighted by molar-refractivity contribution is 0.101. The van der Waals surface area contributed by atoms with Crippen LogP contribution in [0.1, 0.15) is 16.2 Å². The van der Waals surface area contributed by atoms with Crippen LogP contribution < -0.4 is 10.0 Å². The van der Waals surface area contributed by atoms with Crippen molar-refractivity contribution in [3.8, 4) is 0 Å². The molecule has 3 aromatic rings.